The molecule has 10 heteroatoms. The van der Waals surface area contributed by atoms with E-state index in [1.165, 1.54) is 0 Å². The molecule has 0 saturated heterocycles. The predicted octanol–water partition coefficient (Wildman–Crippen LogP) is 7.97. The molecule has 0 bridgehead atoms. The summed E-state index contributed by atoms with van der Waals surface area (Å²) in [5.41, 5.74) is 4.11. The van der Waals surface area contributed by atoms with Gasteiger partial charge in [-0.05, 0) is 101 Å². The first kappa shape index (κ1) is 28.9. The minimum absolute atomic E-state index is 0.570. The molecular formula is C26H26Br4O6. The van der Waals surface area contributed by atoms with Crippen LogP contribution in [0.1, 0.15) is 22.3 Å². The van der Waals surface area contributed by atoms with Crippen LogP contribution in [-0.4, -0.2) is 42.7 Å². The Balaban J connectivity index is 2.21. The van der Waals surface area contributed by atoms with Gasteiger partial charge < -0.3 is 28.4 Å². The lowest BCUT2D eigenvalue weighted by Crippen LogP contribution is -2.05. The van der Waals surface area contributed by atoms with Crippen molar-refractivity contribution in [3.63, 3.8) is 0 Å². The van der Waals surface area contributed by atoms with Crippen LogP contribution < -0.4 is 28.4 Å². The van der Waals surface area contributed by atoms with Crippen molar-refractivity contribution in [2.24, 2.45) is 0 Å². The van der Waals surface area contributed by atoms with Crippen LogP contribution in [0.2, 0.25) is 0 Å². The zero-order chi connectivity index (χ0) is 26.6. The molecule has 3 aromatic rings. The molecule has 0 aromatic heterocycles. The van der Waals surface area contributed by atoms with E-state index in [2.05, 4.69) is 63.7 Å². The van der Waals surface area contributed by atoms with Gasteiger partial charge in [0.25, 0.3) is 0 Å². The minimum atomic E-state index is 0.570. The normalized spacial score (nSPS) is 10.7. The van der Waals surface area contributed by atoms with Gasteiger partial charge in [-0.25, -0.2) is 0 Å². The van der Waals surface area contributed by atoms with Crippen molar-refractivity contribution in [3.05, 3.63) is 64.4 Å². The molecule has 6 nitrogen and oxygen atoms in total. The number of methoxy groups -OCH3 is 6. The molecule has 36 heavy (non-hydrogen) atoms. The van der Waals surface area contributed by atoms with Gasteiger partial charge in [0.05, 0.1) is 51.6 Å². The fourth-order valence-corrected chi connectivity index (χ4v) is 6.18. The number of rotatable bonds is 10. The molecule has 0 aliphatic carbocycles. The fourth-order valence-electron chi connectivity index (χ4n) is 3.92. The van der Waals surface area contributed by atoms with Crippen molar-refractivity contribution in [2.45, 2.75) is 12.8 Å². The monoisotopic (exact) mass is 750 g/mol. The highest BCUT2D eigenvalue weighted by atomic mass is 79.9. The maximum Gasteiger partial charge on any atom is 0.176 e. The van der Waals surface area contributed by atoms with Crippen LogP contribution in [0.5, 0.6) is 34.5 Å². The second-order valence-corrected chi connectivity index (χ2v) is 10.8. The zero-order valence-electron chi connectivity index (χ0n) is 20.7. The lowest BCUT2D eigenvalue weighted by Gasteiger charge is -2.21. The number of halogens is 4. The molecule has 0 amide bonds. The molecule has 0 fully saturated rings. The summed E-state index contributed by atoms with van der Waals surface area (Å²) in [5, 5.41) is 0. The first-order valence-corrected chi connectivity index (χ1v) is 13.8. The number of hydrogen-bond acceptors (Lipinski definition) is 6. The Bertz CT molecular complexity index is 1260. The summed E-state index contributed by atoms with van der Waals surface area (Å²) in [5.74, 6) is 3.81. The summed E-state index contributed by atoms with van der Waals surface area (Å²) in [6.45, 7) is 0. The molecular weight excluding hydrogens is 728 g/mol. The molecule has 0 aliphatic heterocycles. The van der Waals surface area contributed by atoms with Crippen LogP contribution in [0.15, 0.2) is 42.2 Å². The molecule has 0 spiro atoms. The van der Waals surface area contributed by atoms with Crippen molar-refractivity contribution < 1.29 is 28.4 Å². The molecule has 0 atom stereocenters. The quantitative estimate of drug-likeness (QED) is 0.210. The second kappa shape index (κ2) is 12.8. The highest BCUT2D eigenvalue weighted by Gasteiger charge is 2.23. The summed E-state index contributed by atoms with van der Waals surface area (Å²) in [6.07, 6.45) is 1.17. The topological polar surface area (TPSA) is 55.4 Å². The summed E-state index contributed by atoms with van der Waals surface area (Å²) in [7, 11) is 9.72. The third-order valence-corrected chi connectivity index (χ3v) is 9.50. The van der Waals surface area contributed by atoms with Gasteiger partial charge in [-0.15, -0.1) is 0 Å². The standard InChI is InChI=1S/C26H26Br4O6/c1-31-18-10-14(17(27)12-19(18)32-2)7-13-9-20(33-3)25(35-5)23(29)16(13)8-15-11-21(34-4)26(36-6)24(30)22(15)28/h9-12H,7-8H2,1-6H3. The third-order valence-electron chi connectivity index (χ3n) is 5.73. The van der Waals surface area contributed by atoms with Crippen LogP contribution in [0.3, 0.4) is 0 Å². The lowest BCUT2D eigenvalue weighted by atomic mass is 9.94. The average molecular weight is 754 g/mol. The van der Waals surface area contributed by atoms with Crippen LogP contribution in [-0.2, 0) is 12.8 Å². The van der Waals surface area contributed by atoms with Gasteiger partial charge >= 0.3 is 0 Å². The Morgan fingerprint density at radius 1 is 0.472 bits per heavy atom. The van der Waals surface area contributed by atoms with Crippen molar-refractivity contribution >= 4 is 63.7 Å². The Kier molecular flexibility index (Phi) is 10.3. The van der Waals surface area contributed by atoms with Crippen molar-refractivity contribution in [1.29, 1.82) is 0 Å². The Hall–Kier alpha value is -1.62. The van der Waals surface area contributed by atoms with E-state index in [1.54, 1.807) is 42.7 Å². The van der Waals surface area contributed by atoms with E-state index in [0.717, 1.165) is 40.1 Å². The Labute approximate surface area is 245 Å². The molecule has 0 unspecified atom stereocenters. The van der Waals surface area contributed by atoms with Gasteiger partial charge in [-0.2, -0.15) is 0 Å². The van der Waals surface area contributed by atoms with Crippen molar-refractivity contribution in [1.82, 2.24) is 0 Å². The molecule has 3 rings (SSSR count). The van der Waals surface area contributed by atoms with Crippen LogP contribution in [0.4, 0.5) is 0 Å². The highest BCUT2D eigenvalue weighted by Crippen LogP contribution is 2.46. The van der Waals surface area contributed by atoms with Crippen molar-refractivity contribution in [3.8, 4) is 34.5 Å². The van der Waals surface area contributed by atoms with Crippen molar-refractivity contribution in [2.75, 3.05) is 42.7 Å². The number of hydrogen-bond donors (Lipinski definition) is 0. The van der Waals surface area contributed by atoms with Crippen LogP contribution >= 0.6 is 63.7 Å². The summed E-state index contributed by atoms with van der Waals surface area (Å²) in [4.78, 5) is 0. The molecule has 194 valence electrons. The smallest absolute Gasteiger partial charge is 0.176 e. The van der Waals surface area contributed by atoms with Gasteiger partial charge in [0.1, 0.15) is 0 Å². The van der Waals surface area contributed by atoms with E-state index >= 15 is 0 Å². The molecule has 0 heterocycles. The van der Waals surface area contributed by atoms with Gasteiger partial charge in [-0.1, -0.05) is 15.9 Å². The SMILES string of the molecule is COc1cc(Br)c(Cc2cc(OC)c(OC)c(Br)c2Cc2cc(OC)c(OC)c(Br)c2Br)cc1OC. The van der Waals surface area contributed by atoms with Crippen LogP contribution in [0, 0.1) is 0 Å². The first-order chi connectivity index (χ1) is 17.2. The first-order valence-electron chi connectivity index (χ1n) is 10.7. The van der Waals surface area contributed by atoms with Gasteiger partial charge in [0.2, 0.25) is 0 Å². The number of benzene rings is 3. The molecule has 0 radical (unpaired) electrons. The summed E-state index contributed by atoms with van der Waals surface area (Å²) < 4.78 is 36.8. The Morgan fingerprint density at radius 3 is 1.47 bits per heavy atom. The van der Waals surface area contributed by atoms with E-state index in [9.17, 15) is 0 Å². The van der Waals surface area contributed by atoms with E-state index in [0.29, 0.717) is 47.3 Å². The summed E-state index contributed by atoms with van der Waals surface area (Å²) >= 11 is 14.8. The molecule has 0 saturated carbocycles. The largest absolute Gasteiger partial charge is 0.493 e. The van der Waals surface area contributed by atoms with Gasteiger partial charge in [-0.3, -0.25) is 0 Å². The predicted molar refractivity (Wildman–Crippen MR) is 155 cm³/mol. The van der Waals surface area contributed by atoms with Gasteiger partial charge in [0.15, 0.2) is 34.5 Å². The highest BCUT2D eigenvalue weighted by molar-refractivity contribution is 9.13. The van der Waals surface area contributed by atoms with E-state index in [-0.39, 0.29) is 0 Å². The Morgan fingerprint density at radius 2 is 0.944 bits per heavy atom. The van der Waals surface area contributed by atoms with E-state index in [4.69, 9.17) is 28.4 Å². The molecule has 3 aromatic carbocycles. The van der Waals surface area contributed by atoms with E-state index < -0.39 is 0 Å². The summed E-state index contributed by atoms with van der Waals surface area (Å²) in [6, 6.07) is 7.85. The minimum Gasteiger partial charge on any atom is -0.493 e. The molecule has 0 aliphatic rings. The molecule has 0 N–H and O–H groups in total. The lowest BCUT2D eigenvalue weighted by molar-refractivity contribution is 0.351. The van der Waals surface area contributed by atoms with Crippen LogP contribution in [0.25, 0.3) is 0 Å². The fraction of sp³-hybridized carbons (Fsp3) is 0.308. The van der Waals surface area contributed by atoms with Gasteiger partial charge in [0, 0.05) is 15.4 Å². The maximum atomic E-state index is 5.69. The van der Waals surface area contributed by atoms with E-state index in [1.807, 2.05) is 24.3 Å². The zero-order valence-corrected chi connectivity index (χ0v) is 27.0. The number of ether oxygens (including phenoxy) is 6. The second-order valence-electron chi connectivity index (χ2n) is 7.62. The maximum absolute atomic E-state index is 5.69. The average Bonchev–Trinajstić information content (AvgIpc) is 2.88. The third kappa shape index (κ3) is 5.76.